The maximum absolute atomic E-state index is 13.0. The third-order valence-electron chi connectivity index (χ3n) is 4.90. The predicted molar refractivity (Wildman–Crippen MR) is 94.9 cm³/mol. The van der Waals surface area contributed by atoms with Crippen LogP contribution in [0.3, 0.4) is 0 Å². The summed E-state index contributed by atoms with van der Waals surface area (Å²) in [4.78, 5) is 52.0. The lowest BCUT2D eigenvalue weighted by molar-refractivity contribution is -0.163. The van der Waals surface area contributed by atoms with Crippen molar-refractivity contribution in [1.29, 1.82) is 0 Å². The first-order valence-electron chi connectivity index (χ1n) is 8.70. The molecule has 6 heteroatoms. The van der Waals surface area contributed by atoms with Crippen molar-refractivity contribution in [2.45, 2.75) is 33.7 Å². The number of carbonyl (C=O) groups is 4. The van der Waals surface area contributed by atoms with Gasteiger partial charge in [0.25, 0.3) is 0 Å². The molecule has 0 bridgehead atoms. The van der Waals surface area contributed by atoms with E-state index in [1.165, 1.54) is 12.0 Å². The molecule has 0 aliphatic heterocycles. The van der Waals surface area contributed by atoms with Crippen molar-refractivity contribution >= 4 is 23.4 Å². The number of ketones is 2. The van der Waals surface area contributed by atoms with Gasteiger partial charge < -0.3 is 9.64 Å². The summed E-state index contributed by atoms with van der Waals surface area (Å²) in [6, 6.07) is 9.35. The largest absolute Gasteiger partial charge is 0.468 e. The van der Waals surface area contributed by atoms with Gasteiger partial charge >= 0.3 is 5.97 Å². The summed E-state index contributed by atoms with van der Waals surface area (Å²) >= 11 is 0. The van der Waals surface area contributed by atoms with E-state index in [1.807, 2.05) is 30.3 Å². The lowest BCUT2D eigenvalue weighted by Crippen LogP contribution is -2.54. The molecule has 1 aliphatic rings. The molecule has 0 aromatic heterocycles. The van der Waals surface area contributed by atoms with Gasteiger partial charge in [-0.05, 0) is 17.9 Å². The highest BCUT2D eigenvalue weighted by atomic mass is 16.5. The van der Waals surface area contributed by atoms with Gasteiger partial charge in [0.05, 0.1) is 7.11 Å². The van der Waals surface area contributed by atoms with Crippen LogP contribution in [0.2, 0.25) is 0 Å². The van der Waals surface area contributed by atoms with Crippen LogP contribution in [0.25, 0.3) is 0 Å². The summed E-state index contributed by atoms with van der Waals surface area (Å²) in [7, 11) is 1.20. The Morgan fingerprint density at radius 3 is 2.35 bits per heavy atom. The Kier molecular flexibility index (Phi) is 5.95. The number of carbonyl (C=O) groups excluding carboxylic acids is 4. The van der Waals surface area contributed by atoms with Crippen molar-refractivity contribution in [2.24, 2.45) is 17.3 Å². The predicted octanol–water partition coefficient (Wildman–Crippen LogP) is 2.01. The van der Waals surface area contributed by atoms with Crippen LogP contribution in [0.5, 0.6) is 0 Å². The second kappa shape index (κ2) is 7.81. The molecule has 1 aromatic rings. The number of hydrogen-bond acceptors (Lipinski definition) is 5. The van der Waals surface area contributed by atoms with Crippen LogP contribution in [0.4, 0.5) is 0 Å². The van der Waals surface area contributed by atoms with E-state index in [9.17, 15) is 19.2 Å². The zero-order valence-electron chi connectivity index (χ0n) is 15.7. The normalized spacial score (nSPS) is 22.0. The first-order valence-corrected chi connectivity index (χ1v) is 8.70. The smallest absolute Gasteiger partial charge is 0.316 e. The molecule has 26 heavy (non-hydrogen) atoms. The zero-order valence-corrected chi connectivity index (χ0v) is 15.7. The van der Waals surface area contributed by atoms with Crippen molar-refractivity contribution in [3.8, 4) is 0 Å². The van der Waals surface area contributed by atoms with Gasteiger partial charge in [-0.3, -0.25) is 19.2 Å². The second-order valence-electron chi connectivity index (χ2n) is 7.26. The summed E-state index contributed by atoms with van der Waals surface area (Å²) in [5.74, 6) is -4.89. The molecule has 1 aliphatic carbocycles. The highest BCUT2D eigenvalue weighted by molar-refractivity contribution is 6.24. The number of Topliss-reactive ketones (excluding diaryl/α,β-unsaturated/α-hetero) is 2. The van der Waals surface area contributed by atoms with Gasteiger partial charge in [0, 0.05) is 19.5 Å². The number of benzene rings is 1. The lowest BCUT2D eigenvalue weighted by atomic mass is 9.63. The number of ether oxygens (including phenoxy) is 1. The fraction of sp³-hybridized carbons (Fsp3) is 0.500. The van der Waals surface area contributed by atoms with E-state index in [0.717, 1.165) is 5.56 Å². The molecule has 2 rings (SSSR count). The van der Waals surface area contributed by atoms with Crippen LogP contribution in [-0.2, 0) is 30.5 Å². The Balaban J connectivity index is 2.29. The van der Waals surface area contributed by atoms with Crippen LogP contribution in [0, 0.1) is 17.3 Å². The molecule has 0 unspecified atom stereocenters. The fourth-order valence-electron chi connectivity index (χ4n) is 3.51. The maximum Gasteiger partial charge on any atom is 0.316 e. The minimum Gasteiger partial charge on any atom is -0.468 e. The number of amides is 1. The quantitative estimate of drug-likeness (QED) is 0.593. The fourth-order valence-corrected chi connectivity index (χ4v) is 3.51. The van der Waals surface area contributed by atoms with E-state index in [0.29, 0.717) is 13.1 Å². The highest BCUT2D eigenvalue weighted by Gasteiger charge is 2.54. The van der Waals surface area contributed by atoms with E-state index < -0.39 is 40.7 Å². The average Bonchev–Trinajstić information content (AvgIpc) is 2.58. The van der Waals surface area contributed by atoms with Gasteiger partial charge in [-0.1, -0.05) is 44.2 Å². The summed E-state index contributed by atoms with van der Waals surface area (Å²) < 4.78 is 4.75. The Hall–Kier alpha value is -2.50. The Morgan fingerprint density at radius 1 is 1.19 bits per heavy atom. The van der Waals surface area contributed by atoms with Gasteiger partial charge in [-0.15, -0.1) is 0 Å². The molecule has 0 saturated heterocycles. The molecule has 140 valence electrons. The SMILES string of the molecule is CCN(Cc1ccccc1)C(=O)[C@H]1C(=O)CC(C)(C)[C@H](C(=O)OC)C1=O. The zero-order chi connectivity index (χ0) is 19.5. The summed E-state index contributed by atoms with van der Waals surface area (Å²) in [6.07, 6.45) is -0.0161. The summed E-state index contributed by atoms with van der Waals surface area (Å²) in [5, 5.41) is 0. The first-order chi connectivity index (χ1) is 12.2. The molecule has 2 atom stereocenters. The second-order valence-corrected chi connectivity index (χ2v) is 7.26. The molecule has 1 fully saturated rings. The number of nitrogens with zero attached hydrogens (tertiary/aromatic N) is 1. The number of rotatable bonds is 5. The minimum atomic E-state index is -1.43. The molecule has 1 amide bonds. The molecule has 1 aromatic carbocycles. The van der Waals surface area contributed by atoms with E-state index in [4.69, 9.17) is 4.74 Å². The maximum atomic E-state index is 13.0. The van der Waals surface area contributed by atoms with E-state index in [1.54, 1.807) is 20.8 Å². The Labute approximate surface area is 153 Å². The van der Waals surface area contributed by atoms with Crippen LogP contribution in [0.15, 0.2) is 30.3 Å². The summed E-state index contributed by atoms with van der Waals surface area (Å²) in [6.45, 7) is 5.80. The van der Waals surface area contributed by atoms with E-state index >= 15 is 0 Å². The molecule has 0 spiro atoms. The highest BCUT2D eigenvalue weighted by Crippen LogP contribution is 2.40. The topological polar surface area (TPSA) is 80.8 Å². The number of hydrogen-bond donors (Lipinski definition) is 0. The monoisotopic (exact) mass is 359 g/mol. The lowest BCUT2D eigenvalue weighted by Gasteiger charge is -2.38. The first kappa shape index (κ1) is 19.8. The van der Waals surface area contributed by atoms with Crippen molar-refractivity contribution in [1.82, 2.24) is 4.90 Å². The van der Waals surface area contributed by atoms with Crippen LogP contribution in [-0.4, -0.2) is 42.0 Å². The van der Waals surface area contributed by atoms with E-state index in [2.05, 4.69) is 0 Å². The van der Waals surface area contributed by atoms with Crippen molar-refractivity contribution < 1.29 is 23.9 Å². The molecule has 0 heterocycles. The van der Waals surface area contributed by atoms with Crippen molar-refractivity contribution in [3.05, 3.63) is 35.9 Å². The number of methoxy groups -OCH3 is 1. The Morgan fingerprint density at radius 2 is 1.81 bits per heavy atom. The van der Waals surface area contributed by atoms with Crippen LogP contribution < -0.4 is 0 Å². The van der Waals surface area contributed by atoms with Gasteiger partial charge in [0.1, 0.15) is 5.92 Å². The summed E-state index contributed by atoms with van der Waals surface area (Å²) in [5.41, 5.74) is 0.0392. The number of esters is 1. The van der Waals surface area contributed by atoms with Crippen LogP contribution in [0.1, 0.15) is 32.8 Å². The molecular formula is C20H25NO5. The third-order valence-corrected chi connectivity index (χ3v) is 4.90. The third kappa shape index (κ3) is 3.84. The van der Waals surface area contributed by atoms with Crippen LogP contribution >= 0.6 is 0 Å². The van der Waals surface area contributed by atoms with Gasteiger partial charge in [0.2, 0.25) is 5.91 Å². The molecule has 0 radical (unpaired) electrons. The molecular weight excluding hydrogens is 334 g/mol. The minimum absolute atomic E-state index is 0.0161. The van der Waals surface area contributed by atoms with E-state index in [-0.39, 0.29) is 6.42 Å². The van der Waals surface area contributed by atoms with Crippen molar-refractivity contribution in [3.63, 3.8) is 0 Å². The van der Waals surface area contributed by atoms with Crippen molar-refractivity contribution in [2.75, 3.05) is 13.7 Å². The average molecular weight is 359 g/mol. The molecule has 1 saturated carbocycles. The molecule has 0 N–H and O–H groups in total. The standard InChI is InChI=1S/C20H25NO5/c1-5-21(12-13-9-7-6-8-10-13)18(24)15-14(22)11-20(2,3)16(17(15)23)19(25)26-4/h6-10,15-16H,5,11-12H2,1-4H3/t15-,16-/m0/s1. The Bertz CT molecular complexity index is 710. The van der Waals surface area contributed by atoms with Gasteiger partial charge in [-0.25, -0.2) is 0 Å². The molecule has 6 nitrogen and oxygen atoms in total. The van der Waals surface area contributed by atoms with Gasteiger partial charge in [0.15, 0.2) is 17.5 Å². The van der Waals surface area contributed by atoms with Gasteiger partial charge in [-0.2, -0.15) is 0 Å².